The minimum Gasteiger partial charge on any atom is -0.390 e. The van der Waals surface area contributed by atoms with E-state index in [4.69, 9.17) is 6.42 Å². The normalized spacial score (nSPS) is 15.9. The fourth-order valence-electron chi connectivity index (χ4n) is 4.90. The van der Waals surface area contributed by atoms with Gasteiger partial charge in [-0.2, -0.15) is 0 Å². The van der Waals surface area contributed by atoms with Gasteiger partial charge in [0.25, 0.3) is 5.91 Å². The molecule has 2 N–H and O–H groups in total. The minimum atomic E-state index is -0.439. The molecule has 2 aromatic carbocycles. The van der Waals surface area contributed by atoms with E-state index in [1.54, 1.807) is 0 Å². The van der Waals surface area contributed by atoms with Crippen LogP contribution in [0.4, 0.5) is 0 Å². The van der Waals surface area contributed by atoms with Gasteiger partial charge in [0.1, 0.15) is 0 Å². The lowest BCUT2D eigenvalue weighted by molar-refractivity contribution is -0.115. The molecule has 0 radical (unpaired) electrons. The molecule has 0 bridgehead atoms. The number of piperazine rings is 1. The number of terminal acetylenes is 1. The summed E-state index contributed by atoms with van der Waals surface area (Å²) in [4.78, 5) is 15.9. The number of rotatable bonds is 10. The van der Waals surface area contributed by atoms with Gasteiger partial charge in [0.05, 0.1) is 12.6 Å². The second-order valence-corrected chi connectivity index (χ2v) is 11.0. The number of benzene rings is 2. The second kappa shape index (κ2) is 12.4. The zero-order valence-corrected chi connectivity index (χ0v) is 23.0. The van der Waals surface area contributed by atoms with E-state index in [1.807, 2.05) is 0 Å². The molecule has 6 nitrogen and oxygen atoms in total. The number of carbonyl (C=O) groups is 1. The third-order valence-corrected chi connectivity index (χ3v) is 7.67. The molecular weight excluding hydrogens is 572 g/mol. The monoisotopic (exact) mass is 602 g/mol. The summed E-state index contributed by atoms with van der Waals surface area (Å²) in [6.07, 6.45) is 7.76. The van der Waals surface area contributed by atoms with Crippen LogP contribution in [0.5, 0.6) is 0 Å². The number of hydrogen-bond donors (Lipinski definition) is 2. The molecule has 0 saturated carbocycles. The number of amides is 1. The van der Waals surface area contributed by atoms with Crippen molar-refractivity contribution in [3.63, 3.8) is 0 Å². The molecule has 3 aromatic rings. The van der Waals surface area contributed by atoms with E-state index in [2.05, 4.69) is 93.9 Å². The number of aliphatic hydroxyl groups is 1. The van der Waals surface area contributed by atoms with E-state index in [1.165, 1.54) is 10.8 Å². The van der Waals surface area contributed by atoms with Crippen molar-refractivity contribution < 1.29 is 9.90 Å². The molecule has 0 spiro atoms. The van der Waals surface area contributed by atoms with Gasteiger partial charge in [-0.05, 0) is 61.7 Å². The van der Waals surface area contributed by atoms with E-state index in [9.17, 15) is 9.90 Å². The molecule has 186 valence electrons. The predicted molar refractivity (Wildman–Crippen MR) is 149 cm³/mol. The van der Waals surface area contributed by atoms with Crippen LogP contribution < -0.4 is 5.32 Å². The molecule has 1 fully saturated rings. The van der Waals surface area contributed by atoms with Gasteiger partial charge in [0.2, 0.25) is 0 Å². The first-order valence-corrected chi connectivity index (χ1v) is 13.8. The lowest BCUT2D eigenvalue weighted by Gasteiger charge is -2.35. The van der Waals surface area contributed by atoms with Gasteiger partial charge in [0, 0.05) is 70.0 Å². The first-order chi connectivity index (χ1) is 16.9. The Labute approximate surface area is 223 Å². The Morgan fingerprint density at radius 3 is 2.14 bits per heavy atom. The maximum Gasteiger partial charge on any atom is 0.295 e. The summed E-state index contributed by atoms with van der Waals surface area (Å²) in [5.41, 5.74) is 2.29. The van der Waals surface area contributed by atoms with Crippen molar-refractivity contribution in [3.8, 4) is 12.3 Å². The van der Waals surface area contributed by atoms with Gasteiger partial charge < -0.3 is 19.9 Å². The van der Waals surface area contributed by atoms with Crippen molar-refractivity contribution in [2.75, 3.05) is 45.8 Å². The van der Waals surface area contributed by atoms with Crippen LogP contribution in [-0.4, -0.2) is 77.3 Å². The standard InChI is InChI=1S/C27H32Br2N4O2/c1-2-27(35)30-10-4-3-5-11-31-12-14-32(15-13-31)18-22(34)19-33-25-8-6-20(28)16-23(25)24-17-21(29)7-9-26(24)33/h1,6-9,16-17,22,34H,3-5,10-15,18-19H2,(H,30,35). The van der Waals surface area contributed by atoms with Crippen LogP contribution in [0.15, 0.2) is 45.3 Å². The lowest BCUT2D eigenvalue weighted by Crippen LogP contribution is -2.49. The maximum atomic E-state index is 11.0. The number of carbonyl (C=O) groups excluding carboxylic acids is 1. The fraction of sp³-hybridized carbons (Fsp3) is 0.444. The first-order valence-electron chi connectivity index (χ1n) is 12.2. The van der Waals surface area contributed by atoms with Gasteiger partial charge >= 0.3 is 0 Å². The van der Waals surface area contributed by atoms with E-state index >= 15 is 0 Å². The molecule has 1 amide bonds. The number of nitrogens with zero attached hydrogens (tertiary/aromatic N) is 3. The fourth-order valence-corrected chi connectivity index (χ4v) is 5.62. The van der Waals surface area contributed by atoms with Crippen molar-refractivity contribution in [2.45, 2.75) is 31.9 Å². The highest BCUT2D eigenvalue weighted by molar-refractivity contribution is 9.10. The number of halogens is 2. The van der Waals surface area contributed by atoms with Crippen molar-refractivity contribution in [2.24, 2.45) is 0 Å². The predicted octanol–water partition coefficient (Wildman–Crippen LogP) is 4.22. The van der Waals surface area contributed by atoms with Gasteiger partial charge in [-0.15, -0.1) is 6.42 Å². The highest BCUT2D eigenvalue weighted by Gasteiger charge is 2.20. The number of hydrogen-bond acceptors (Lipinski definition) is 4. The van der Waals surface area contributed by atoms with Crippen molar-refractivity contribution in [1.82, 2.24) is 19.7 Å². The maximum absolute atomic E-state index is 11.0. The summed E-state index contributed by atoms with van der Waals surface area (Å²) in [6.45, 7) is 6.97. The topological polar surface area (TPSA) is 60.7 Å². The van der Waals surface area contributed by atoms with Gasteiger partial charge in [-0.25, -0.2) is 0 Å². The molecule has 8 heteroatoms. The summed E-state index contributed by atoms with van der Waals surface area (Å²) in [6, 6.07) is 12.7. The summed E-state index contributed by atoms with van der Waals surface area (Å²) < 4.78 is 4.35. The summed E-state index contributed by atoms with van der Waals surface area (Å²) >= 11 is 7.20. The zero-order valence-electron chi connectivity index (χ0n) is 19.9. The van der Waals surface area contributed by atoms with Crippen molar-refractivity contribution in [1.29, 1.82) is 0 Å². The Morgan fingerprint density at radius 1 is 0.943 bits per heavy atom. The zero-order chi connectivity index (χ0) is 24.8. The average Bonchev–Trinajstić information content (AvgIpc) is 3.13. The number of aromatic nitrogens is 1. The van der Waals surface area contributed by atoms with E-state index in [-0.39, 0.29) is 5.91 Å². The van der Waals surface area contributed by atoms with Gasteiger partial charge in [-0.1, -0.05) is 38.3 Å². The lowest BCUT2D eigenvalue weighted by atomic mass is 10.2. The first kappa shape index (κ1) is 26.2. The highest BCUT2D eigenvalue weighted by Crippen LogP contribution is 2.33. The number of aliphatic hydroxyl groups excluding tert-OH is 1. The molecule has 1 aromatic heterocycles. The van der Waals surface area contributed by atoms with E-state index in [0.717, 1.165) is 72.0 Å². The summed E-state index contributed by atoms with van der Waals surface area (Å²) in [5, 5.41) is 16.1. The van der Waals surface area contributed by atoms with Crippen LogP contribution in [0.1, 0.15) is 19.3 Å². The van der Waals surface area contributed by atoms with Gasteiger partial charge in [0.15, 0.2) is 0 Å². The number of β-amino-alcohol motifs (C(OH)–C–C–N with tert-alkyl or cyclic N) is 1. The number of fused-ring (bicyclic) bond motifs is 3. The van der Waals surface area contributed by atoms with Crippen LogP contribution in [-0.2, 0) is 11.3 Å². The second-order valence-electron chi connectivity index (χ2n) is 9.19. The Hall–Kier alpha value is -1.89. The summed E-state index contributed by atoms with van der Waals surface area (Å²) in [5.74, 6) is 1.74. The molecule has 2 heterocycles. The van der Waals surface area contributed by atoms with Crippen molar-refractivity contribution in [3.05, 3.63) is 45.3 Å². The Balaban J connectivity index is 1.26. The third kappa shape index (κ3) is 6.87. The molecule has 1 saturated heterocycles. The van der Waals surface area contributed by atoms with Crippen LogP contribution in [0, 0.1) is 12.3 Å². The molecule has 4 rings (SSSR count). The molecule has 1 atom stereocenters. The third-order valence-electron chi connectivity index (χ3n) is 6.68. The molecule has 1 aliphatic rings. The summed E-state index contributed by atoms with van der Waals surface area (Å²) in [7, 11) is 0. The quantitative estimate of drug-likeness (QED) is 0.269. The van der Waals surface area contributed by atoms with Gasteiger partial charge in [-0.3, -0.25) is 9.69 Å². The Kier molecular flexibility index (Phi) is 9.26. The Bertz CT molecular complexity index is 1150. The minimum absolute atomic E-state index is 0.331. The van der Waals surface area contributed by atoms with E-state index < -0.39 is 6.10 Å². The highest BCUT2D eigenvalue weighted by atomic mass is 79.9. The molecule has 0 aliphatic carbocycles. The average molecular weight is 604 g/mol. The molecule has 1 aliphatic heterocycles. The molecular formula is C27H32Br2N4O2. The molecule has 1 unspecified atom stereocenters. The van der Waals surface area contributed by atoms with Crippen LogP contribution in [0.2, 0.25) is 0 Å². The van der Waals surface area contributed by atoms with E-state index in [0.29, 0.717) is 19.6 Å². The largest absolute Gasteiger partial charge is 0.390 e. The smallest absolute Gasteiger partial charge is 0.295 e. The molecule has 35 heavy (non-hydrogen) atoms. The number of unbranched alkanes of at least 4 members (excludes halogenated alkanes) is 2. The van der Waals surface area contributed by atoms with Crippen molar-refractivity contribution >= 4 is 59.6 Å². The SMILES string of the molecule is C#CC(=O)NCCCCCN1CCN(CC(O)Cn2c3ccc(Br)cc3c3cc(Br)ccc32)CC1. The van der Waals surface area contributed by atoms with Crippen LogP contribution >= 0.6 is 31.9 Å². The van der Waals surface area contributed by atoms with Crippen LogP contribution in [0.3, 0.4) is 0 Å². The van der Waals surface area contributed by atoms with Crippen LogP contribution in [0.25, 0.3) is 21.8 Å². The Morgan fingerprint density at radius 2 is 1.54 bits per heavy atom. The number of nitrogens with one attached hydrogen (secondary N) is 1.